The summed E-state index contributed by atoms with van der Waals surface area (Å²) in [4.78, 5) is 15.5. The number of hydrogen-bond acceptors (Lipinski definition) is 2. The highest BCUT2D eigenvalue weighted by atomic mass is 79.9. The first-order valence-corrected chi connectivity index (χ1v) is 6.75. The molecule has 2 heterocycles. The van der Waals surface area contributed by atoms with Gasteiger partial charge in [0.1, 0.15) is 11.5 Å². The molecule has 0 N–H and O–H groups in total. The molecule has 19 heavy (non-hydrogen) atoms. The number of pyridine rings is 1. The van der Waals surface area contributed by atoms with E-state index in [1.54, 1.807) is 6.07 Å². The van der Waals surface area contributed by atoms with Crippen LogP contribution in [0.2, 0.25) is 5.02 Å². The maximum Gasteiger partial charge on any atom is 0.170 e. The summed E-state index contributed by atoms with van der Waals surface area (Å²) < 4.78 is 2.71. The second-order valence-corrected chi connectivity index (χ2v) is 5.31. The molecule has 3 nitrogen and oxygen atoms in total. The van der Waals surface area contributed by atoms with Crippen LogP contribution >= 0.6 is 27.5 Å². The van der Waals surface area contributed by atoms with Crippen LogP contribution in [0.5, 0.6) is 0 Å². The Morgan fingerprint density at radius 1 is 1.26 bits per heavy atom. The monoisotopic (exact) mass is 334 g/mol. The van der Waals surface area contributed by atoms with Gasteiger partial charge < -0.3 is 0 Å². The average Bonchev–Trinajstić information content (AvgIpc) is 2.79. The number of nitrogens with zero attached hydrogens (tertiary/aromatic N) is 2. The molecule has 0 saturated heterocycles. The molecule has 0 aliphatic heterocycles. The average molecular weight is 336 g/mol. The van der Waals surface area contributed by atoms with Crippen molar-refractivity contribution in [2.75, 3.05) is 0 Å². The van der Waals surface area contributed by atoms with Crippen molar-refractivity contribution < 1.29 is 4.79 Å². The third-order valence-electron chi connectivity index (χ3n) is 2.84. The van der Waals surface area contributed by atoms with E-state index in [0.717, 1.165) is 21.8 Å². The molecule has 0 atom stereocenters. The fourth-order valence-corrected chi connectivity index (χ4v) is 2.78. The van der Waals surface area contributed by atoms with Gasteiger partial charge in [-0.3, -0.25) is 9.20 Å². The van der Waals surface area contributed by atoms with Gasteiger partial charge in [-0.2, -0.15) is 0 Å². The van der Waals surface area contributed by atoms with E-state index in [1.807, 2.05) is 40.9 Å². The normalized spacial score (nSPS) is 10.8. The summed E-state index contributed by atoms with van der Waals surface area (Å²) in [7, 11) is 0. The lowest BCUT2D eigenvalue weighted by Gasteiger charge is -2.02. The maximum absolute atomic E-state index is 11.2. The minimum absolute atomic E-state index is 0.405. The first-order chi connectivity index (χ1) is 9.20. The van der Waals surface area contributed by atoms with E-state index in [1.165, 1.54) is 0 Å². The molecule has 1 aromatic carbocycles. The fraction of sp³-hybridized carbons (Fsp3) is 0. The minimum Gasteiger partial charge on any atom is -0.298 e. The molecule has 5 heteroatoms. The van der Waals surface area contributed by atoms with Gasteiger partial charge in [0.05, 0.1) is 5.52 Å². The predicted molar refractivity (Wildman–Crippen MR) is 78.7 cm³/mol. The van der Waals surface area contributed by atoms with Crippen molar-refractivity contribution >= 4 is 39.3 Å². The van der Waals surface area contributed by atoms with E-state index >= 15 is 0 Å². The van der Waals surface area contributed by atoms with Gasteiger partial charge in [-0.25, -0.2) is 4.98 Å². The van der Waals surface area contributed by atoms with Crippen LogP contribution in [0.15, 0.2) is 47.1 Å². The quantitative estimate of drug-likeness (QED) is 0.657. The molecule has 0 radical (unpaired) electrons. The summed E-state index contributed by atoms with van der Waals surface area (Å²) in [6.45, 7) is 0. The molecular formula is C14H8BrClN2O. The van der Waals surface area contributed by atoms with Crippen LogP contribution in [0.4, 0.5) is 0 Å². The Labute approximate surface area is 123 Å². The largest absolute Gasteiger partial charge is 0.298 e. The van der Waals surface area contributed by atoms with Crippen molar-refractivity contribution in [3.63, 3.8) is 0 Å². The Morgan fingerprint density at radius 2 is 2.11 bits per heavy atom. The third-order valence-corrected chi connectivity index (χ3v) is 3.71. The van der Waals surface area contributed by atoms with Crippen LogP contribution in [0.3, 0.4) is 0 Å². The lowest BCUT2D eigenvalue weighted by atomic mass is 10.2. The Morgan fingerprint density at radius 3 is 2.84 bits per heavy atom. The molecule has 0 aliphatic rings. The lowest BCUT2D eigenvalue weighted by Crippen LogP contribution is -1.89. The van der Waals surface area contributed by atoms with Crippen molar-refractivity contribution in [3.05, 3.63) is 57.8 Å². The van der Waals surface area contributed by atoms with Gasteiger partial charge in [0.15, 0.2) is 6.29 Å². The number of carbonyl (C=O) groups is 1. The fourth-order valence-electron chi connectivity index (χ4n) is 2.04. The molecule has 0 bridgehead atoms. The third kappa shape index (κ3) is 2.07. The van der Waals surface area contributed by atoms with Crippen molar-refractivity contribution in [2.45, 2.75) is 0 Å². The van der Waals surface area contributed by atoms with Gasteiger partial charge in [0, 0.05) is 21.3 Å². The Kier molecular flexibility index (Phi) is 3.12. The Balaban J connectivity index is 2.36. The highest BCUT2D eigenvalue weighted by molar-refractivity contribution is 9.10. The van der Waals surface area contributed by atoms with Crippen LogP contribution in [0.25, 0.3) is 16.9 Å². The number of hydrogen-bond donors (Lipinski definition) is 0. The number of aldehydes is 1. The van der Waals surface area contributed by atoms with E-state index in [0.29, 0.717) is 16.5 Å². The lowest BCUT2D eigenvalue weighted by molar-refractivity contribution is 0.112. The van der Waals surface area contributed by atoms with Crippen LogP contribution < -0.4 is 0 Å². The first kappa shape index (κ1) is 12.4. The molecule has 2 aromatic heterocycles. The van der Waals surface area contributed by atoms with Crippen molar-refractivity contribution in [1.82, 2.24) is 9.38 Å². The molecule has 0 aliphatic carbocycles. The van der Waals surface area contributed by atoms with Crippen molar-refractivity contribution in [1.29, 1.82) is 0 Å². The van der Waals surface area contributed by atoms with E-state index in [9.17, 15) is 4.79 Å². The topological polar surface area (TPSA) is 34.4 Å². The van der Waals surface area contributed by atoms with Crippen molar-refractivity contribution in [3.8, 4) is 11.4 Å². The summed E-state index contributed by atoms with van der Waals surface area (Å²) in [5.41, 5.74) is 2.03. The van der Waals surface area contributed by atoms with Crippen LogP contribution in [0, 0.1) is 0 Å². The second-order valence-electron chi connectivity index (χ2n) is 4.02. The molecule has 0 amide bonds. The van der Waals surface area contributed by atoms with Gasteiger partial charge in [0.25, 0.3) is 0 Å². The first-order valence-electron chi connectivity index (χ1n) is 5.58. The molecule has 3 aromatic rings. The molecule has 0 saturated carbocycles. The van der Waals surface area contributed by atoms with Crippen LogP contribution in [-0.4, -0.2) is 15.7 Å². The molecule has 0 unspecified atom stereocenters. The maximum atomic E-state index is 11.2. The van der Waals surface area contributed by atoms with E-state index in [2.05, 4.69) is 20.9 Å². The summed E-state index contributed by atoms with van der Waals surface area (Å²) in [6, 6.07) is 11.2. The van der Waals surface area contributed by atoms with Gasteiger partial charge in [0.2, 0.25) is 0 Å². The Bertz CT molecular complexity index is 782. The summed E-state index contributed by atoms with van der Waals surface area (Å²) in [5, 5.41) is 0.636. The van der Waals surface area contributed by atoms with Gasteiger partial charge in [-0.05, 0) is 40.2 Å². The number of benzene rings is 1. The zero-order valence-corrected chi connectivity index (χ0v) is 12.0. The number of aromatic nitrogens is 2. The molecular weight excluding hydrogens is 328 g/mol. The van der Waals surface area contributed by atoms with E-state index < -0.39 is 0 Å². The molecule has 0 fully saturated rings. The van der Waals surface area contributed by atoms with Crippen LogP contribution in [-0.2, 0) is 0 Å². The molecule has 0 spiro atoms. The highest BCUT2D eigenvalue weighted by Gasteiger charge is 2.14. The number of imidazole rings is 1. The molecule has 94 valence electrons. The number of halogens is 2. The minimum atomic E-state index is 0.405. The Hall–Kier alpha value is -1.65. The zero-order valence-electron chi connectivity index (χ0n) is 9.68. The van der Waals surface area contributed by atoms with E-state index in [4.69, 9.17) is 11.6 Å². The number of rotatable bonds is 2. The number of fused-ring (bicyclic) bond motifs is 1. The second kappa shape index (κ2) is 4.79. The van der Waals surface area contributed by atoms with E-state index in [-0.39, 0.29) is 0 Å². The smallest absolute Gasteiger partial charge is 0.170 e. The van der Waals surface area contributed by atoms with Gasteiger partial charge in [-0.15, -0.1) is 0 Å². The highest BCUT2D eigenvalue weighted by Crippen LogP contribution is 2.28. The van der Waals surface area contributed by atoms with Gasteiger partial charge >= 0.3 is 0 Å². The number of carbonyl (C=O) groups excluding carboxylic acids is 1. The molecule has 3 rings (SSSR count). The summed E-state index contributed by atoms with van der Waals surface area (Å²) >= 11 is 9.45. The van der Waals surface area contributed by atoms with Crippen LogP contribution in [0.1, 0.15) is 10.5 Å². The summed E-state index contributed by atoms with van der Waals surface area (Å²) in [6.07, 6.45) is 2.63. The van der Waals surface area contributed by atoms with Gasteiger partial charge in [-0.1, -0.05) is 23.7 Å². The predicted octanol–water partition coefficient (Wildman–Crippen LogP) is 4.23. The summed E-state index contributed by atoms with van der Waals surface area (Å²) in [5.74, 6) is 0.695. The zero-order chi connectivity index (χ0) is 13.4. The standard InChI is InChI=1S/C14H8BrClN2O/c15-11-5-2-6-18-13(11)12(8-19)17-14(18)9-3-1-4-10(16)7-9/h1-8H. The SMILES string of the molecule is O=Cc1nc(-c2cccc(Cl)c2)n2cccc(Br)c12. The van der Waals surface area contributed by atoms with Crippen molar-refractivity contribution in [2.24, 2.45) is 0 Å².